The van der Waals surface area contributed by atoms with Crippen LogP contribution in [0.2, 0.25) is 0 Å². The van der Waals surface area contributed by atoms with Crippen molar-refractivity contribution in [2.45, 2.75) is 6.43 Å². The molecule has 0 saturated carbocycles. The maximum absolute atomic E-state index is 12.0. The SMILES string of the molecule is O=C(O)c1cc2n[nH]nc2cc1OCC(F)F. The summed E-state index contributed by atoms with van der Waals surface area (Å²) in [7, 11) is 0. The number of aromatic amines is 1. The Morgan fingerprint density at radius 1 is 1.41 bits per heavy atom. The van der Waals surface area contributed by atoms with Crippen LogP contribution in [-0.4, -0.2) is 39.5 Å². The van der Waals surface area contributed by atoms with E-state index in [1.807, 2.05) is 0 Å². The first-order chi connectivity index (χ1) is 8.08. The molecule has 2 rings (SSSR count). The van der Waals surface area contributed by atoms with Crippen LogP contribution in [0.25, 0.3) is 11.0 Å². The van der Waals surface area contributed by atoms with E-state index in [1.54, 1.807) is 0 Å². The average molecular weight is 243 g/mol. The van der Waals surface area contributed by atoms with Crippen LogP contribution in [0.1, 0.15) is 10.4 Å². The third-order valence-corrected chi connectivity index (χ3v) is 2.01. The van der Waals surface area contributed by atoms with E-state index in [-0.39, 0.29) is 11.3 Å². The molecule has 1 heterocycles. The summed E-state index contributed by atoms with van der Waals surface area (Å²) in [6.45, 7) is -0.871. The van der Waals surface area contributed by atoms with Crippen molar-refractivity contribution >= 4 is 17.0 Å². The van der Waals surface area contributed by atoms with Gasteiger partial charge in [-0.05, 0) is 6.07 Å². The van der Waals surface area contributed by atoms with Gasteiger partial charge in [-0.25, -0.2) is 13.6 Å². The summed E-state index contributed by atoms with van der Waals surface area (Å²) < 4.78 is 28.7. The molecule has 0 unspecified atom stereocenters. The molecule has 6 nitrogen and oxygen atoms in total. The van der Waals surface area contributed by atoms with Crippen LogP contribution in [0.15, 0.2) is 12.1 Å². The molecule has 0 atom stereocenters. The summed E-state index contributed by atoms with van der Waals surface area (Å²) >= 11 is 0. The van der Waals surface area contributed by atoms with Gasteiger partial charge in [0.25, 0.3) is 6.43 Å². The first kappa shape index (κ1) is 11.2. The average Bonchev–Trinajstić information content (AvgIpc) is 2.71. The molecule has 0 spiro atoms. The fourth-order valence-corrected chi connectivity index (χ4v) is 1.31. The normalized spacial score (nSPS) is 11.0. The number of nitrogens with one attached hydrogen (secondary N) is 1. The number of rotatable bonds is 4. The summed E-state index contributed by atoms with van der Waals surface area (Å²) in [6.07, 6.45) is -2.68. The molecular weight excluding hydrogens is 236 g/mol. The van der Waals surface area contributed by atoms with Gasteiger partial charge in [-0.2, -0.15) is 15.4 Å². The van der Waals surface area contributed by atoms with E-state index >= 15 is 0 Å². The Kier molecular flexibility index (Phi) is 2.86. The number of ether oxygens (including phenoxy) is 1. The number of hydrogen-bond acceptors (Lipinski definition) is 4. The maximum Gasteiger partial charge on any atom is 0.339 e. The van der Waals surface area contributed by atoms with Gasteiger partial charge in [0.15, 0.2) is 0 Å². The number of halogens is 2. The van der Waals surface area contributed by atoms with Gasteiger partial charge in [0, 0.05) is 6.07 Å². The minimum absolute atomic E-state index is 0.154. The molecule has 17 heavy (non-hydrogen) atoms. The lowest BCUT2D eigenvalue weighted by molar-refractivity contribution is 0.0664. The van der Waals surface area contributed by atoms with E-state index in [2.05, 4.69) is 15.4 Å². The molecule has 0 saturated heterocycles. The van der Waals surface area contributed by atoms with Gasteiger partial charge in [-0.15, -0.1) is 0 Å². The van der Waals surface area contributed by atoms with Gasteiger partial charge in [-0.3, -0.25) is 0 Å². The number of H-pyrrole nitrogens is 1. The molecule has 0 aliphatic rings. The Morgan fingerprint density at radius 2 is 2.06 bits per heavy atom. The molecule has 1 aromatic carbocycles. The highest BCUT2D eigenvalue weighted by molar-refractivity contribution is 5.95. The molecule has 1 aromatic heterocycles. The standard InChI is InChI=1S/C9H7F2N3O3/c10-8(11)3-17-7-2-6-5(12-14-13-6)1-4(7)9(15)16/h1-2,8H,3H2,(H,15,16)(H,12,13,14). The predicted molar refractivity (Wildman–Crippen MR) is 52.3 cm³/mol. The largest absolute Gasteiger partial charge is 0.487 e. The van der Waals surface area contributed by atoms with E-state index in [1.165, 1.54) is 12.1 Å². The first-order valence-corrected chi connectivity index (χ1v) is 4.56. The third kappa shape index (κ3) is 2.30. The Bertz CT molecular complexity index is 555. The fraction of sp³-hybridized carbons (Fsp3) is 0.222. The molecule has 2 N–H and O–H groups in total. The van der Waals surface area contributed by atoms with Gasteiger partial charge >= 0.3 is 5.97 Å². The fourth-order valence-electron chi connectivity index (χ4n) is 1.31. The molecule has 0 amide bonds. The number of carboxylic acids is 1. The second-order valence-corrected chi connectivity index (χ2v) is 3.17. The molecule has 0 bridgehead atoms. The predicted octanol–water partition coefficient (Wildman–Crippen LogP) is 1.30. The third-order valence-electron chi connectivity index (χ3n) is 2.01. The van der Waals surface area contributed by atoms with E-state index in [4.69, 9.17) is 9.84 Å². The molecule has 0 aliphatic heterocycles. The van der Waals surface area contributed by atoms with Gasteiger partial charge in [0.05, 0.1) is 0 Å². The van der Waals surface area contributed by atoms with E-state index < -0.39 is 19.0 Å². The quantitative estimate of drug-likeness (QED) is 0.844. The number of carboxylic acid groups (broad SMARTS) is 1. The molecule has 8 heteroatoms. The molecule has 2 aromatic rings. The molecule has 0 radical (unpaired) electrons. The zero-order valence-electron chi connectivity index (χ0n) is 8.35. The van der Waals surface area contributed by atoms with Gasteiger partial charge in [0.2, 0.25) is 0 Å². The minimum Gasteiger partial charge on any atom is -0.487 e. The number of alkyl halides is 2. The molecule has 0 aliphatic carbocycles. The minimum atomic E-state index is -2.68. The van der Waals surface area contributed by atoms with Crippen molar-refractivity contribution in [2.24, 2.45) is 0 Å². The summed E-state index contributed by atoms with van der Waals surface area (Å²) in [4.78, 5) is 10.9. The highest BCUT2D eigenvalue weighted by atomic mass is 19.3. The number of hydrogen-bond donors (Lipinski definition) is 2. The number of fused-ring (bicyclic) bond motifs is 1. The number of benzene rings is 1. The van der Waals surface area contributed by atoms with Crippen LogP contribution in [0, 0.1) is 0 Å². The summed E-state index contributed by atoms with van der Waals surface area (Å²) in [5.74, 6) is -1.43. The molecule has 0 fully saturated rings. The van der Waals surface area contributed by atoms with Crippen molar-refractivity contribution in [3.05, 3.63) is 17.7 Å². The van der Waals surface area contributed by atoms with Crippen molar-refractivity contribution in [3.63, 3.8) is 0 Å². The zero-order valence-corrected chi connectivity index (χ0v) is 8.35. The van der Waals surface area contributed by atoms with Crippen LogP contribution in [0.4, 0.5) is 8.78 Å². The van der Waals surface area contributed by atoms with Crippen LogP contribution in [0.5, 0.6) is 5.75 Å². The number of nitrogens with zero attached hydrogens (tertiary/aromatic N) is 2. The maximum atomic E-state index is 12.0. The van der Waals surface area contributed by atoms with Crippen molar-refractivity contribution in [1.82, 2.24) is 15.4 Å². The number of aromatic nitrogens is 3. The van der Waals surface area contributed by atoms with E-state index in [9.17, 15) is 13.6 Å². The van der Waals surface area contributed by atoms with E-state index in [0.29, 0.717) is 11.0 Å². The first-order valence-electron chi connectivity index (χ1n) is 4.56. The molecule has 90 valence electrons. The van der Waals surface area contributed by atoms with Crippen molar-refractivity contribution in [3.8, 4) is 5.75 Å². The lowest BCUT2D eigenvalue weighted by Crippen LogP contribution is -2.10. The Morgan fingerprint density at radius 3 is 2.65 bits per heavy atom. The monoisotopic (exact) mass is 243 g/mol. The molecular formula is C9H7F2N3O3. The highest BCUT2D eigenvalue weighted by Gasteiger charge is 2.16. The summed E-state index contributed by atoms with van der Waals surface area (Å²) in [5.41, 5.74) is 0.443. The summed E-state index contributed by atoms with van der Waals surface area (Å²) in [5, 5.41) is 18.6. The van der Waals surface area contributed by atoms with Crippen molar-refractivity contribution in [2.75, 3.05) is 6.61 Å². The lowest BCUT2D eigenvalue weighted by Gasteiger charge is -2.08. The van der Waals surface area contributed by atoms with Crippen LogP contribution in [0.3, 0.4) is 0 Å². The van der Waals surface area contributed by atoms with Gasteiger partial charge < -0.3 is 9.84 Å². The Labute approximate surface area is 93.2 Å². The van der Waals surface area contributed by atoms with Crippen LogP contribution in [-0.2, 0) is 0 Å². The Hall–Kier alpha value is -2.25. The Balaban J connectivity index is 2.42. The second-order valence-electron chi connectivity index (χ2n) is 3.17. The smallest absolute Gasteiger partial charge is 0.339 e. The van der Waals surface area contributed by atoms with Crippen LogP contribution < -0.4 is 4.74 Å². The van der Waals surface area contributed by atoms with Gasteiger partial charge in [0.1, 0.15) is 29.0 Å². The highest BCUT2D eigenvalue weighted by Crippen LogP contribution is 2.24. The number of carbonyl (C=O) groups is 1. The summed E-state index contributed by atoms with van der Waals surface area (Å²) in [6, 6.07) is 2.46. The topological polar surface area (TPSA) is 88.1 Å². The van der Waals surface area contributed by atoms with Crippen molar-refractivity contribution in [1.29, 1.82) is 0 Å². The second kappa shape index (κ2) is 4.32. The van der Waals surface area contributed by atoms with Crippen LogP contribution >= 0.6 is 0 Å². The van der Waals surface area contributed by atoms with E-state index in [0.717, 1.165) is 0 Å². The number of aromatic carboxylic acids is 1. The lowest BCUT2D eigenvalue weighted by atomic mass is 10.2. The zero-order chi connectivity index (χ0) is 12.4. The van der Waals surface area contributed by atoms with Gasteiger partial charge in [-0.1, -0.05) is 0 Å². The van der Waals surface area contributed by atoms with Crippen molar-refractivity contribution < 1.29 is 23.4 Å².